The minimum atomic E-state index is -0.776. The third-order valence-electron chi connectivity index (χ3n) is 2.54. The van der Waals surface area contributed by atoms with Gasteiger partial charge in [-0.05, 0) is 18.4 Å². The lowest BCUT2D eigenvalue weighted by molar-refractivity contribution is -0.127. The lowest BCUT2D eigenvalue weighted by Crippen LogP contribution is -2.49. The molecular weight excluding hydrogens is 258 g/mol. The Morgan fingerprint density at radius 2 is 2.05 bits per heavy atom. The van der Waals surface area contributed by atoms with Crippen LogP contribution in [0, 0.1) is 6.42 Å². The van der Waals surface area contributed by atoms with Gasteiger partial charge in [0.05, 0.1) is 12.6 Å². The molecule has 0 heterocycles. The molecule has 0 spiro atoms. The average molecular weight is 278 g/mol. The molecule has 0 aliphatic carbocycles. The van der Waals surface area contributed by atoms with Crippen LogP contribution in [0.1, 0.15) is 12.5 Å². The van der Waals surface area contributed by atoms with E-state index >= 15 is 0 Å². The summed E-state index contributed by atoms with van der Waals surface area (Å²) in [6.45, 7) is 1.29. The number of hydrogen-bond acceptors (Lipinski definition) is 4. The van der Waals surface area contributed by atoms with Crippen LogP contribution in [0.2, 0.25) is 0 Å². The Balaban J connectivity index is 2.42. The molecule has 1 aromatic carbocycles. The fourth-order valence-electron chi connectivity index (χ4n) is 1.75. The van der Waals surface area contributed by atoms with Gasteiger partial charge in [0.2, 0.25) is 11.8 Å². The summed E-state index contributed by atoms with van der Waals surface area (Å²) in [4.78, 5) is 21.9. The number of aliphatic hydroxyl groups excluding tert-OH is 1. The van der Waals surface area contributed by atoms with Crippen molar-refractivity contribution in [1.82, 2.24) is 10.4 Å². The van der Waals surface area contributed by atoms with Gasteiger partial charge in [0, 0.05) is 13.5 Å². The Morgan fingerprint density at radius 3 is 2.60 bits per heavy atom. The van der Waals surface area contributed by atoms with Gasteiger partial charge in [-0.2, -0.15) is 0 Å². The summed E-state index contributed by atoms with van der Waals surface area (Å²) in [6.07, 6.45) is 1.54. The lowest BCUT2D eigenvalue weighted by atomic mass is 10.1. The first-order valence-electron chi connectivity index (χ1n) is 6.33. The van der Waals surface area contributed by atoms with Gasteiger partial charge in [-0.15, -0.1) is 0 Å². The highest BCUT2D eigenvalue weighted by atomic mass is 16.3. The van der Waals surface area contributed by atoms with Crippen LogP contribution >= 0.6 is 0 Å². The molecule has 0 saturated heterocycles. The Kier molecular flexibility index (Phi) is 6.69. The highest BCUT2D eigenvalue weighted by Crippen LogP contribution is 2.04. The second kappa shape index (κ2) is 8.29. The molecule has 6 heteroatoms. The van der Waals surface area contributed by atoms with E-state index in [2.05, 4.69) is 5.43 Å². The summed E-state index contributed by atoms with van der Waals surface area (Å²) in [7, 11) is 0. The predicted octanol–water partition coefficient (Wildman–Crippen LogP) is -0.367. The number of hydrazine groups is 1. The van der Waals surface area contributed by atoms with E-state index < -0.39 is 12.0 Å². The van der Waals surface area contributed by atoms with Crippen LogP contribution in [-0.4, -0.2) is 41.1 Å². The van der Waals surface area contributed by atoms with E-state index in [1.807, 2.05) is 30.3 Å². The van der Waals surface area contributed by atoms with Crippen molar-refractivity contribution in [3.8, 4) is 0 Å². The molecule has 0 fully saturated rings. The molecule has 4 N–H and O–H groups in total. The van der Waals surface area contributed by atoms with Crippen LogP contribution in [0.3, 0.4) is 0 Å². The SMILES string of the molecule is CC(=O)NN(CC(N)=O)CC(O)[CH]Cc1ccccc1. The fourth-order valence-corrected chi connectivity index (χ4v) is 1.75. The van der Waals surface area contributed by atoms with Crippen molar-refractivity contribution in [2.45, 2.75) is 19.4 Å². The number of hydrogen-bond donors (Lipinski definition) is 3. The Hall–Kier alpha value is -1.92. The van der Waals surface area contributed by atoms with E-state index in [9.17, 15) is 14.7 Å². The maximum absolute atomic E-state index is 11.0. The van der Waals surface area contributed by atoms with Crippen molar-refractivity contribution < 1.29 is 14.7 Å². The highest BCUT2D eigenvalue weighted by Gasteiger charge is 2.15. The average Bonchev–Trinajstić information content (AvgIpc) is 2.36. The zero-order valence-electron chi connectivity index (χ0n) is 11.5. The summed E-state index contributed by atoms with van der Waals surface area (Å²) in [5.74, 6) is -0.893. The zero-order valence-corrected chi connectivity index (χ0v) is 11.5. The molecule has 0 saturated carbocycles. The van der Waals surface area contributed by atoms with Gasteiger partial charge in [0.1, 0.15) is 0 Å². The molecule has 1 aromatic rings. The van der Waals surface area contributed by atoms with Crippen molar-refractivity contribution in [2.75, 3.05) is 13.1 Å². The standard InChI is InChI=1S/C14H20N3O3/c1-11(18)16-17(10-14(15)20)9-13(19)8-7-12-5-3-2-4-6-12/h2-6,8,13,19H,7,9-10H2,1H3,(H2,15,20)(H,16,18). The van der Waals surface area contributed by atoms with Crippen molar-refractivity contribution in [3.05, 3.63) is 42.3 Å². The molecule has 0 bridgehead atoms. The molecule has 1 unspecified atom stereocenters. The molecule has 2 amide bonds. The third-order valence-corrected chi connectivity index (χ3v) is 2.54. The minimum absolute atomic E-state index is 0.107. The molecule has 1 radical (unpaired) electrons. The fraction of sp³-hybridized carbons (Fsp3) is 0.357. The van der Waals surface area contributed by atoms with E-state index in [1.54, 1.807) is 6.42 Å². The van der Waals surface area contributed by atoms with Crippen LogP contribution in [0.4, 0.5) is 0 Å². The van der Waals surface area contributed by atoms with Gasteiger partial charge >= 0.3 is 0 Å². The van der Waals surface area contributed by atoms with Crippen LogP contribution in [-0.2, 0) is 16.0 Å². The van der Waals surface area contributed by atoms with Gasteiger partial charge in [-0.3, -0.25) is 15.0 Å². The summed E-state index contributed by atoms with van der Waals surface area (Å²) in [6, 6.07) is 9.68. The molecule has 20 heavy (non-hydrogen) atoms. The minimum Gasteiger partial charge on any atom is -0.391 e. The zero-order chi connectivity index (χ0) is 15.0. The van der Waals surface area contributed by atoms with Gasteiger partial charge in [-0.1, -0.05) is 30.3 Å². The smallest absolute Gasteiger partial charge is 0.233 e. The first kappa shape index (κ1) is 16.1. The van der Waals surface area contributed by atoms with Crippen LogP contribution in [0.5, 0.6) is 0 Å². The van der Waals surface area contributed by atoms with Crippen molar-refractivity contribution in [3.63, 3.8) is 0 Å². The molecule has 0 aliphatic heterocycles. The number of nitrogens with one attached hydrogen (secondary N) is 1. The number of carbonyl (C=O) groups excluding carboxylic acids is 2. The number of benzene rings is 1. The summed E-state index contributed by atoms with van der Waals surface area (Å²) < 4.78 is 0. The molecule has 109 valence electrons. The summed E-state index contributed by atoms with van der Waals surface area (Å²) in [5.41, 5.74) is 8.62. The van der Waals surface area contributed by atoms with Crippen molar-refractivity contribution >= 4 is 11.8 Å². The van der Waals surface area contributed by atoms with Crippen LogP contribution in [0.15, 0.2) is 30.3 Å². The van der Waals surface area contributed by atoms with E-state index in [0.29, 0.717) is 6.42 Å². The molecule has 1 atom stereocenters. The van der Waals surface area contributed by atoms with E-state index in [1.165, 1.54) is 11.9 Å². The Labute approximate surface area is 118 Å². The second-order valence-corrected chi connectivity index (χ2v) is 4.51. The van der Waals surface area contributed by atoms with Gasteiger partial charge < -0.3 is 10.8 Å². The number of nitrogens with zero attached hydrogens (tertiary/aromatic N) is 1. The number of primary amides is 1. The van der Waals surface area contributed by atoms with E-state index in [4.69, 9.17) is 5.73 Å². The number of rotatable bonds is 8. The Bertz CT molecular complexity index is 421. The van der Waals surface area contributed by atoms with E-state index in [-0.39, 0.29) is 19.0 Å². The topological polar surface area (TPSA) is 95.7 Å². The monoisotopic (exact) mass is 278 g/mol. The Morgan fingerprint density at radius 1 is 1.40 bits per heavy atom. The molecular formula is C14H20N3O3. The summed E-state index contributed by atoms with van der Waals surface area (Å²) >= 11 is 0. The molecule has 6 nitrogen and oxygen atoms in total. The lowest BCUT2D eigenvalue weighted by Gasteiger charge is -2.23. The van der Waals surface area contributed by atoms with E-state index in [0.717, 1.165) is 5.56 Å². The van der Waals surface area contributed by atoms with Crippen molar-refractivity contribution in [1.29, 1.82) is 0 Å². The maximum atomic E-state index is 11.0. The van der Waals surface area contributed by atoms with Gasteiger partial charge in [0.15, 0.2) is 0 Å². The highest BCUT2D eigenvalue weighted by molar-refractivity contribution is 5.77. The normalized spacial score (nSPS) is 12.2. The first-order chi connectivity index (χ1) is 9.47. The molecule has 1 rings (SSSR count). The van der Waals surface area contributed by atoms with Crippen LogP contribution < -0.4 is 11.2 Å². The first-order valence-corrected chi connectivity index (χ1v) is 6.33. The number of aliphatic hydroxyl groups is 1. The van der Waals surface area contributed by atoms with Crippen molar-refractivity contribution in [2.24, 2.45) is 5.73 Å². The number of amides is 2. The summed E-state index contributed by atoms with van der Waals surface area (Å²) in [5, 5.41) is 11.2. The number of nitrogens with two attached hydrogens (primary N) is 1. The maximum Gasteiger partial charge on any atom is 0.233 e. The van der Waals surface area contributed by atoms with Crippen LogP contribution in [0.25, 0.3) is 0 Å². The molecule has 0 aliphatic rings. The second-order valence-electron chi connectivity index (χ2n) is 4.51. The molecule has 0 aromatic heterocycles. The predicted molar refractivity (Wildman–Crippen MR) is 75.0 cm³/mol. The van der Waals surface area contributed by atoms with Gasteiger partial charge in [-0.25, -0.2) is 5.01 Å². The third kappa shape index (κ3) is 6.86. The largest absolute Gasteiger partial charge is 0.391 e. The number of carbonyl (C=O) groups is 2. The van der Waals surface area contributed by atoms with Gasteiger partial charge in [0.25, 0.3) is 0 Å². The quantitative estimate of drug-likeness (QED) is 0.565.